The summed E-state index contributed by atoms with van der Waals surface area (Å²) >= 11 is 0. The molecule has 0 N–H and O–H groups in total. The molecule has 1 aliphatic heterocycles. The fourth-order valence-corrected chi connectivity index (χ4v) is 3.70. The van der Waals surface area contributed by atoms with Crippen LogP contribution in [-0.2, 0) is 16.6 Å². The molecule has 0 atom stereocenters. The molecule has 0 aromatic heterocycles. The van der Waals surface area contributed by atoms with E-state index in [0.29, 0.717) is 6.42 Å². The molecule has 1 heterocycles. The summed E-state index contributed by atoms with van der Waals surface area (Å²) in [6.45, 7) is 11.4. The van der Waals surface area contributed by atoms with E-state index < -0.39 is 0 Å². The molecule has 154 valence electrons. The lowest BCUT2D eigenvalue weighted by atomic mass is 9.86. The zero-order chi connectivity index (χ0) is 21.0. The Balaban J connectivity index is 1.48. The number of hydrogen-bond acceptors (Lipinski definition) is 3. The van der Waals surface area contributed by atoms with E-state index in [9.17, 15) is 9.59 Å². The molecule has 2 aromatic carbocycles. The summed E-state index contributed by atoms with van der Waals surface area (Å²) < 4.78 is 0. The molecular weight excluding hydrogens is 360 g/mol. The second-order valence-electron chi connectivity index (χ2n) is 8.92. The van der Waals surface area contributed by atoms with Gasteiger partial charge >= 0.3 is 0 Å². The Morgan fingerprint density at radius 1 is 0.862 bits per heavy atom. The first-order valence-corrected chi connectivity index (χ1v) is 10.5. The van der Waals surface area contributed by atoms with Crippen molar-refractivity contribution < 1.29 is 9.59 Å². The lowest BCUT2D eigenvalue weighted by molar-refractivity contribution is -0.131. The van der Waals surface area contributed by atoms with E-state index in [1.165, 1.54) is 11.1 Å². The zero-order valence-corrected chi connectivity index (χ0v) is 18.1. The van der Waals surface area contributed by atoms with Gasteiger partial charge in [0.15, 0.2) is 5.78 Å². The van der Waals surface area contributed by atoms with Crippen LogP contribution >= 0.6 is 0 Å². The number of nitrogens with zero attached hydrogens (tertiary/aromatic N) is 2. The van der Waals surface area contributed by atoms with Gasteiger partial charge in [0.25, 0.3) is 0 Å². The molecule has 1 fully saturated rings. The molecule has 1 aliphatic rings. The summed E-state index contributed by atoms with van der Waals surface area (Å²) in [7, 11) is 0. The number of aryl methyl sites for hydroxylation is 1. The highest BCUT2D eigenvalue weighted by Gasteiger charge is 2.21. The SMILES string of the molecule is CC(=O)c1ccc(N2CCN(C(=O)CCc3ccc(C(C)(C)C)cc3)CC2)cc1. The average Bonchev–Trinajstić information content (AvgIpc) is 2.72. The van der Waals surface area contributed by atoms with Gasteiger partial charge in [-0.2, -0.15) is 0 Å². The zero-order valence-electron chi connectivity index (χ0n) is 18.1. The molecule has 4 heteroatoms. The molecule has 1 saturated heterocycles. The minimum absolute atomic E-state index is 0.0833. The lowest BCUT2D eigenvalue weighted by Crippen LogP contribution is -2.48. The van der Waals surface area contributed by atoms with Crippen molar-refractivity contribution in [3.05, 3.63) is 65.2 Å². The highest BCUT2D eigenvalue weighted by Crippen LogP contribution is 2.23. The normalized spacial score (nSPS) is 14.8. The van der Waals surface area contributed by atoms with E-state index in [1.54, 1.807) is 6.92 Å². The molecule has 29 heavy (non-hydrogen) atoms. The number of hydrogen-bond donors (Lipinski definition) is 0. The second kappa shape index (κ2) is 8.81. The van der Waals surface area contributed by atoms with E-state index in [2.05, 4.69) is 49.9 Å². The van der Waals surface area contributed by atoms with Gasteiger partial charge in [-0.15, -0.1) is 0 Å². The Morgan fingerprint density at radius 3 is 1.97 bits per heavy atom. The first-order valence-electron chi connectivity index (χ1n) is 10.5. The fraction of sp³-hybridized carbons (Fsp3) is 0.440. The van der Waals surface area contributed by atoms with Gasteiger partial charge in [0.1, 0.15) is 0 Å². The van der Waals surface area contributed by atoms with Crippen LogP contribution in [0, 0.1) is 0 Å². The summed E-state index contributed by atoms with van der Waals surface area (Å²) in [5.41, 5.74) is 4.54. The Labute approximate surface area is 174 Å². The van der Waals surface area contributed by atoms with Crippen molar-refractivity contribution in [1.29, 1.82) is 0 Å². The van der Waals surface area contributed by atoms with Crippen LogP contribution in [0.4, 0.5) is 5.69 Å². The maximum Gasteiger partial charge on any atom is 0.223 e. The van der Waals surface area contributed by atoms with Crippen LogP contribution in [0.25, 0.3) is 0 Å². The van der Waals surface area contributed by atoms with Gasteiger partial charge in [0.2, 0.25) is 5.91 Å². The van der Waals surface area contributed by atoms with Gasteiger partial charge in [-0.05, 0) is 54.2 Å². The summed E-state index contributed by atoms with van der Waals surface area (Å²) in [6.07, 6.45) is 1.35. The van der Waals surface area contributed by atoms with Gasteiger partial charge in [0.05, 0.1) is 0 Å². The number of Topliss-reactive ketones (excluding diaryl/α,β-unsaturated/α-hetero) is 1. The third kappa shape index (κ3) is 5.47. The summed E-state index contributed by atoms with van der Waals surface area (Å²) in [5, 5.41) is 0. The van der Waals surface area contributed by atoms with Crippen molar-refractivity contribution in [1.82, 2.24) is 4.90 Å². The van der Waals surface area contributed by atoms with Crippen molar-refractivity contribution in [3.63, 3.8) is 0 Å². The van der Waals surface area contributed by atoms with Crippen LogP contribution in [0.2, 0.25) is 0 Å². The quantitative estimate of drug-likeness (QED) is 0.705. The molecule has 0 bridgehead atoms. The standard InChI is InChI=1S/C25H32N2O2/c1-19(28)21-8-12-23(13-9-21)26-15-17-27(18-16-26)24(29)14-7-20-5-10-22(11-6-20)25(2,3)4/h5-6,8-13H,7,14-18H2,1-4H3. The molecule has 0 saturated carbocycles. The first kappa shape index (κ1) is 21.1. The van der Waals surface area contributed by atoms with Crippen molar-refractivity contribution >= 4 is 17.4 Å². The summed E-state index contributed by atoms with van der Waals surface area (Å²) in [6, 6.07) is 16.4. The van der Waals surface area contributed by atoms with E-state index in [0.717, 1.165) is 43.9 Å². The van der Waals surface area contributed by atoms with Crippen LogP contribution in [-0.4, -0.2) is 42.8 Å². The molecule has 0 spiro atoms. The Hall–Kier alpha value is -2.62. The number of anilines is 1. The van der Waals surface area contributed by atoms with Crippen molar-refractivity contribution in [3.8, 4) is 0 Å². The number of ketones is 1. The van der Waals surface area contributed by atoms with Crippen molar-refractivity contribution in [2.24, 2.45) is 0 Å². The molecular formula is C25H32N2O2. The Morgan fingerprint density at radius 2 is 1.45 bits per heavy atom. The highest BCUT2D eigenvalue weighted by molar-refractivity contribution is 5.94. The van der Waals surface area contributed by atoms with Crippen LogP contribution < -0.4 is 4.90 Å². The third-order valence-corrected chi connectivity index (χ3v) is 5.72. The molecule has 0 radical (unpaired) electrons. The van der Waals surface area contributed by atoms with Crippen LogP contribution in [0.15, 0.2) is 48.5 Å². The molecule has 1 amide bonds. The predicted molar refractivity (Wildman–Crippen MR) is 119 cm³/mol. The number of carbonyl (C=O) groups is 2. The summed E-state index contributed by atoms with van der Waals surface area (Å²) in [5.74, 6) is 0.316. The van der Waals surface area contributed by atoms with Crippen LogP contribution in [0.1, 0.15) is 55.6 Å². The third-order valence-electron chi connectivity index (χ3n) is 5.72. The number of amides is 1. The fourth-order valence-electron chi connectivity index (χ4n) is 3.70. The van der Waals surface area contributed by atoms with E-state index in [4.69, 9.17) is 0 Å². The molecule has 4 nitrogen and oxygen atoms in total. The monoisotopic (exact) mass is 392 g/mol. The predicted octanol–water partition coefficient (Wildman–Crippen LogP) is 4.47. The molecule has 0 aliphatic carbocycles. The first-order chi connectivity index (χ1) is 13.7. The van der Waals surface area contributed by atoms with E-state index >= 15 is 0 Å². The minimum Gasteiger partial charge on any atom is -0.368 e. The number of piperazine rings is 1. The topological polar surface area (TPSA) is 40.6 Å². The van der Waals surface area contributed by atoms with Crippen molar-refractivity contribution in [2.75, 3.05) is 31.1 Å². The van der Waals surface area contributed by atoms with Crippen molar-refractivity contribution in [2.45, 2.75) is 46.0 Å². The van der Waals surface area contributed by atoms with Crippen LogP contribution in [0.5, 0.6) is 0 Å². The smallest absolute Gasteiger partial charge is 0.223 e. The molecule has 3 rings (SSSR count). The Kier molecular flexibility index (Phi) is 6.41. The van der Waals surface area contributed by atoms with E-state index in [1.807, 2.05) is 29.2 Å². The highest BCUT2D eigenvalue weighted by atomic mass is 16.2. The largest absolute Gasteiger partial charge is 0.368 e. The number of carbonyl (C=O) groups excluding carboxylic acids is 2. The molecule has 2 aromatic rings. The average molecular weight is 393 g/mol. The van der Waals surface area contributed by atoms with E-state index in [-0.39, 0.29) is 17.1 Å². The maximum atomic E-state index is 12.6. The van der Waals surface area contributed by atoms with Gasteiger partial charge in [-0.1, -0.05) is 45.0 Å². The van der Waals surface area contributed by atoms with Gasteiger partial charge in [-0.3, -0.25) is 9.59 Å². The number of benzene rings is 2. The maximum absolute atomic E-state index is 12.6. The molecule has 0 unspecified atom stereocenters. The van der Waals surface area contributed by atoms with Crippen LogP contribution in [0.3, 0.4) is 0 Å². The van der Waals surface area contributed by atoms with Gasteiger partial charge in [-0.25, -0.2) is 0 Å². The van der Waals surface area contributed by atoms with Gasteiger partial charge in [0, 0.05) is 43.9 Å². The summed E-state index contributed by atoms with van der Waals surface area (Å²) in [4.78, 5) is 28.3. The van der Waals surface area contributed by atoms with Gasteiger partial charge < -0.3 is 9.80 Å². The second-order valence-corrected chi connectivity index (χ2v) is 8.92. The lowest BCUT2D eigenvalue weighted by Gasteiger charge is -2.36. The number of rotatable bonds is 5. The Bertz CT molecular complexity index is 840. The minimum atomic E-state index is 0.0833.